The third-order valence-corrected chi connectivity index (χ3v) is 4.89. The number of rotatable bonds is 2. The third kappa shape index (κ3) is 2.54. The minimum Gasteiger partial charge on any atom is -0.390 e. The highest BCUT2D eigenvalue weighted by Crippen LogP contribution is 2.20. The van der Waals surface area contributed by atoms with Crippen molar-refractivity contribution < 1.29 is 18.3 Å². The van der Waals surface area contributed by atoms with Gasteiger partial charge in [0.2, 0.25) is 0 Å². The Balaban J connectivity index is 2.02. The first-order valence-corrected chi connectivity index (χ1v) is 7.28. The molecule has 0 radical (unpaired) electrons. The number of morpholine rings is 1. The summed E-state index contributed by atoms with van der Waals surface area (Å²) in [6.07, 6.45) is -0.828. The van der Waals surface area contributed by atoms with Gasteiger partial charge in [-0.15, -0.1) is 0 Å². The number of hydrogen-bond donors (Lipinski definition) is 2. The van der Waals surface area contributed by atoms with Crippen LogP contribution in [0.25, 0.3) is 0 Å². The Labute approximate surface area is 95.3 Å². The summed E-state index contributed by atoms with van der Waals surface area (Å²) in [5, 5.41) is 9.74. The van der Waals surface area contributed by atoms with Crippen molar-refractivity contribution >= 4 is 9.84 Å². The third-order valence-electron chi connectivity index (χ3n) is 3.20. The first-order valence-electron chi connectivity index (χ1n) is 5.46. The molecule has 0 aliphatic carbocycles. The normalized spacial score (nSPS) is 40.0. The summed E-state index contributed by atoms with van der Waals surface area (Å²) < 4.78 is 28.2. The summed E-state index contributed by atoms with van der Waals surface area (Å²) in [6.45, 7) is 2.23. The zero-order chi connectivity index (χ0) is 11.8. The maximum Gasteiger partial charge on any atom is 0.154 e. The molecule has 0 spiro atoms. The molecule has 0 aromatic carbocycles. The van der Waals surface area contributed by atoms with Crippen molar-refractivity contribution in [2.24, 2.45) is 5.73 Å². The number of sulfone groups is 1. The summed E-state index contributed by atoms with van der Waals surface area (Å²) in [4.78, 5) is 1.98. The Morgan fingerprint density at radius 3 is 2.75 bits per heavy atom. The number of aliphatic hydroxyl groups excluding tert-OH is 1. The molecule has 94 valence electrons. The first kappa shape index (κ1) is 12.3. The average Bonchev–Trinajstić information content (AvgIpc) is 2.52. The molecule has 0 saturated carbocycles. The number of aliphatic hydroxyl groups is 1. The number of nitrogens with zero attached hydrogens (tertiary/aromatic N) is 1. The van der Waals surface area contributed by atoms with Crippen molar-refractivity contribution in [3.63, 3.8) is 0 Å². The van der Waals surface area contributed by atoms with E-state index in [0.717, 1.165) is 0 Å². The van der Waals surface area contributed by atoms with E-state index in [2.05, 4.69) is 0 Å². The van der Waals surface area contributed by atoms with E-state index in [0.29, 0.717) is 26.2 Å². The van der Waals surface area contributed by atoms with Gasteiger partial charge >= 0.3 is 0 Å². The largest absolute Gasteiger partial charge is 0.390 e. The second kappa shape index (κ2) is 4.58. The molecule has 2 rings (SSSR count). The van der Waals surface area contributed by atoms with E-state index in [4.69, 9.17) is 10.5 Å². The smallest absolute Gasteiger partial charge is 0.154 e. The molecule has 7 heteroatoms. The van der Waals surface area contributed by atoms with Crippen molar-refractivity contribution in [3.8, 4) is 0 Å². The summed E-state index contributed by atoms with van der Waals surface area (Å²) in [7, 11) is -3.08. The number of ether oxygens (including phenoxy) is 1. The van der Waals surface area contributed by atoms with Crippen LogP contribution in [0.4, 0.5) is 0 Å². The van der Waals surface area contributed by atoms with E-state index in [1.54, 1.807) is 0 Å². The molecule has 3 atom stereocenters. The summed E-state index contributed by atoms with van der Waals surface area (Å²) >= 11 is 0. The molecule has 3 N–H and O–H groups in total. The van der Waals surface area contributed by atoms with E-state index >= 15 is 0 Å². The van der Waals surface area contributed by atoms with Crippen LogP contribution in [0, 0.1) is 0 Å². The molecule has 0 amide bonds. The fourth-order valence-electron chi connectivity index (χ4n) is 2.35. The van der Waals surface area contributed by atoms with Crippen molar-refractivity contribution in [1.29, 1.82) is 0 Å². The van der Waals surface area contributed by atoms with Crippen LogP contribution in [-0.2, 0) is 14.6 Å². The molecule has 3 unspecified atom stereocenters. The van der Waals surface area contributed by atoms with Crippen molar-refractivity contribution in [2.75, 3.05) is 37.7 Å². The molecule has 2 aliphatic heterocycles. The minimum atomic E-state index is -3.08. The maximum atomic E-state index is 11.4. The molecular formula is C9H18N2O4S. The zero-order valence-corrected chi connectivity index (χ0v) is 9.90. The fourth-order valence-corrected chi connectivity index (χ4v) is 4.18. The van der Waals surface area contributed by atoms with Crippen LogP contribution in [0.1, 0.15) is 0 Å². The van der Waals surface area contributed by atoms with Gasteiger partial charge in [0.15, 0.2) is 9.84 Å². The highest BCUT2D eigenvalue weighted by atomic mass is 32.2. The van der Waals surface area contributed by atoms with Gasteiger partial charge in [0.1, 0.15) is 0 Å². The fraction of sp³-hybridized carbons (Fsp3) is 1.00. The van der Waals surface area contributed by atoms with Gasteiger partial charge in [0.05, 0.1) is 36.4 Å². The second-order valence-electron chi connectivity index (χ2n) is 4.44. The maximum absolute atomic E-state index is 11.4. The molecule has 2 aliphatic rings. The van der Waals surface area contributed by atoms with E-state index < -0.39 is 15.9 Å². The summed E-state index contributed by atoms with van der Waals surface area (Å²) in [5.74, 6) is -0.0756. The van der Waals surface area contributed by atoms with Gasteiger partial charge in [-0.3, -0.25) is 4.90 Å². The Morgan fingerprint density at radius 1 is 1.44 bits per heavy atom. The van der Waals surface area contributed by atoms with Crippen LogP contribution in [0.15, 0.2) is 0 Å². The van der Waals surface area contributed by atoms with Gasteiger partial charge in [-0.25, -0.2) is 8.42 Å². The molecule has 2 heterocycles. The second-order valence-corrected chi connectivity index (χ2v) is 6.59. The zero-order valence-electron chi connectivity index (χ0n) is 9.08. The molecule has 6 nitrogen and oxygen atoms in total. The summed E-state index contributed by atoms with van der Waals surface area (Å²) in [5.41, 5.74) is 5.52. The van der Waals surface area contributed by atoms with Crippen molar-refractivity contribution in [2.45, 2.75) is 18.2 Å². The SMILES string of the molecule is NCC1CN(C2CS(=O)(=O)CC2O)CCO1. The van der Waals surface area contributed by atoms with Crippen LogP contribution in [0.3, 0.4) is 0 Å². The quantitative estimate of drug-likeness (QED) is 0.578. The molecule has 0 bridgehead atoms. The highest BCUT2D eigenvalue weighted by Gasteiger charge is 2.41. The lowest BCUT2D eigenvalue weighted by Crippen LogP contribution is -2.53. The Kier molecular flexibility index (Phi) is 3.50. The lowest BCUT2D eigenvalue weighted by Gasteiger charge is -2.36. The minimum absolute atomic E-state index is 0.0471. The molecular weight excluding hydrogens is 232 g/mol. The molecule has 16 heavy (non-hydrogen) atoms. The standard InChI is InChI=1S/C9H18N2O4S/c10-3-7-4-11(1-2-15-7)8-5-16(13,14)6-9(8)12/h7-9,12H,1-6,10H2. The van der Waals surface area contributed by atoms with Gasteiger partial charge < -0.3 is 15.6 Å². The van der Waals surface area contributed by atoms with E-state index in [9.17, 15) is 13.5 Å². The molecule has 2 saturated heterocycles. The number of nitrogens with two attached hydrogens (primary N) is 1. The Bertz CT molecular complexity index is 345. The van der Waals surface area contributed by atoms with Crippen LogP contribution in [-0.4, -0.2) is 74.4 Å². The van der Waals surface area contributed by atoms with Crippen LogP contribution < -0.4 is 5.73 Å². The van der Waals surface area contributed by atoms with Crippen LogP contribution in [0.2, 0.25) is 0 Å². The monoisotopic (exact) mass is 250 g/mol. The lowest BCUT2D eigenvalue weighted by atomic mass is 10.1. The van der Waals surface area contributed by atoms with E-state index in [-0.39, 0.29) is 23.7 Å². The molecule has 0 aromatic heterocycles. The van der Waals surface area contributed by atoms with Crippen LogP contribution in [0.5, 0.6) is 0 Å². The predicted octanol–water partition coefficient (Wildman–Crippen LogP) is -2.20. The van der Waals surface area contributed by atoms with Gasteiger partial charge in [-0.2, -0.15) is 0 Å². The first-order chi connectivity index (χ1) is 7.52. The predicted molar refractivity (Wildman–Crippen MR) is 58.8 cm³/mol. The van der Waals surface area contributed by atoms with E-state index in [1.165, 1.54) is 0 Å². The lowest BCUT2D eigenvalue weighted by molar-refractivity contribution is -0.0508. The highest BCUT2D eigenvalue weighted by molar-refractivity contribution is 7.91. The van der Waals surface area contributed by atoms with Gasteiger partial charge in [-0.1, -0.05) is 0 Å². The number of hydrogen-bond acceptors (Lipinski definition) is 6. The van der Waals surface area contributed by atoms with Crippen molar-refractivity contribution in [3.05, 3.63) is 0 Å². The Morgan fingerprint density at radius 2 is 2.19 bits per heavy atom. The molecule has 2 fully saturated rings. The van der Waals surface area contributed by atoms with E-state index in [1.807, 2.05) is 4.90 Å². The Hall–Kier alpha value is -0.210. The van der Waals surface area contributed by atoms with Gasteiger partial charge in [0.25, 0.3) is 0 Å². The summed E-state index contributed by atoms with van der Waals surface area (Å²) in [6, 6.07) is -0.289. The molecule has 0 aromatic rings. The van der Waals surface area contributed by atoms with Crippen molar-refractivity contribution in [1.82, 2.24) is 4.90 Å². The van der Waals surface area contributed by atoms with Crippen LogP contribution >= 0.6 is 0 Å². The topological polar surface area (TPSA) is 92.9 Å². The van der Waals surface area contributed by atoms with Gasteiger partial charge in [0, 0.05) is 19.6 Å². The average molecular weight is 250 g/mol. The van der Waals surface area contributed by atoms with Gasteiger partial charge in [-0.05, 0) is 0 Å².